The molecule has 2 rings (SSSR count). The fraction of sp³-hybridized carbons (Fsp3) is 0.235. The number of alkyl halides is 1. The van der Waals surface area contributed by atoms with Crippen molar-refractivity contribution in [3.63, 3.8) is 0 Å². The predicted octanol–water partition coefficient (Wildman–Crippen LogP) is 4.69. The van der Waals surface area contributed by atoms with Crippen LogP contribution in [-0.2, 0) is 17.6 Å². The quantitative estimate of drug-likeness (QED) is 0.768. The summed E-state index contributed by atoms with van der Waals surface area (Å²) in [7, 11) is 0. The third-order valence-corrected chi connectivity index (χ3v) is 3.75. The van der Waals surface area contributed by atoms with Gasteiger partial charge in [-0.1, -0.05) is 41.9 Å². The van der Waals surface area contributed by atoms with Crippen molar-refractivity contribution in [1.82, 2.24) is 0 Å². The molecule has 0 atom stereocenters. The van der Waals surface area contributed by atoms with Gasteiger partial charge in [0.25, 0.3) is 0 Å². The van der Waals surface area contributed by atoms with Crippen LogP contribution in [0.5, 0.6) is 0 Å². The van der Waals surface area contributed by atoms with Crippen molar-refractivity contribution in [3.8, 4) is 0 Å². The molecule has 0 saturated carbocycles. The minimum Gasteiger partial charge on any atom is -0.326 e. The number of carbonyl (C=O) groups excluding carboxylic acids is 1. The average molecular weight is 322 g/mol. The Hall–Kier alpha value is -1.51. The van der Waals surface area contributed by atoms with E-state index in [1.165, 1.54) is 5.56 Å². The van der Waals surface area contributed by atoms with Gasteiger partial charge in [0.15, 0.2) is 0 Å². The van der Waals surface area contributed by atoms with E-state index in [1.54, 1.807) is 6.07 Å². The Balaban J connectivity index is 1.98. The van der Waals surface area contributed by atoms with E-state index < -0.39 is 0 Å². The van der Waals surface area contributed by atoms with Crippen molar-refractivity contribution in [1.29, 1.82) is 0 Å². The first-order valence-electron chi connectivity index (χ1n) is 6.87. The second-order valence-electron chi connectivity index (χ2n) is 4.81. The maximum absolute atomic E-state index is 12.1. The summed E-state index contributed by atoms with van der Waals surface area (Å²) in [6, 6.07) is 15.2. The minimum absolute atomic E-state index is 0.0717. The van der Waals surface area contributed by atoms with Gasteiger partial charge >= 0.3 is 0 Å². The fourth-order valence-electron chi connectivity index (χ4n) is 2.10. The van der Waals surface area contributed by atoms with Crippen LogP contribution in [0.2, 0.25) is 5.02 Å². The first kappa shape index (κ1) is 15.9. The number of hydrogen-bond acceptors (Lipinski definition) is 1. The average Bonchev–Trinajstić information content (AvgIpc) is 2.48. The molecular weight excluding hydrogens is 305 g/mol. The molecule has 0 saturated heterocycles. The number of rotatable bonds is 6. The Kier molecular flexibility index (Phi) is 6.09. The summed E-state index contributed by atoms with van der Waals surface area (Å²) in [5, 5.41) is 3.52. The first-order valence-corrected chi connectivity index (χ1v) is 7.78. The minimum atomic E-state index is -0.0717. The van der Waals surface area contributed by atoms with Gasteiger partial charge < -0.3 is 5.32 Å². The number of halogens is 2. The van der Waals surface area contributed by atoms with Gasteiger partial charge in [0.2, 0.25) is 5.91 Å². The van der Waals surface area contributed by atoms with Crippen LogP contribution in [-0.4, -0.2) is 11.8 Å². The lowest BCUT2D eigenvalue weighted by Gasteiger charge is -2.08. The highest BCUT2D eigenvalue weighted by Crippen LogP contribution is 2.17. The molecule has 0 aliphatic heterocycles. The monoisotopic (exact) mass is 321 g/mol. The molecule has 2 aromatic carbocycles. The van der Waals surface area contributed by atoms with Crippen LogP contribution >= 0.6 is 23.2 Å². The van der Waals surface area contributed by atoms with E-state index in [-0.39, 0.29) is 12.3 Å². The lowest BCUT2D eigenvalue weighted by atomic mass is 10.1. The zero-order chi connectivity index (χ0) is 15.1. The van der Waals surface area contributed by atoms with Crippen molar-refractivity contribution < 1.29 is 4.79 Å². The Morgan fingerprint density at radius 3 is 2.67 bits per heavy atom. The maximum atomic E-state index is 12.1. The summed E-state index contributed by atoms with van der Waals surface area (Å²) in [4.78, 5) is 12.1. The summed E-state index contributed by atoms with van der Waals surface area (Å²) >= 11 is 11.8. The molecule has 1 amide bonds. The number of aryl methyl sites for hydroxylation is 1. The SMILES string of the molecule is O=C(Cc1ccccc1Cl)Nc1cccc(CCCCl)c1. The van der Waals surface area contributed by atoms with Gasteiger partial charge in [-0.25, -0.2) is 0 Å². The van der Waals surface area contributed by atoms with E-state index >= 15 is 0 Å². The topological polar surface area (TPSA) is 29.1 Å². The van der Waals surface area contributed by atoms with Crippen molar-refractivity contribution >= 4 is 34.8 Å². The van der Waals surface area contributed by atoms with Crippen LogP contribution in [0.3, 0.4) is 0 Å². The third kappa shape index (κ3) is 5.07. The van der Waals surface area contributed by atoms with E-state index in [0.29, 0.717) is 10.9 Å². The van der Waals surface area contributed by atoms with Gasteiger partial charge in [-0.15, -0.1) is 11.6 Å². The Bertz CT molecular complexity index is 613. The molecule has 0 aliphatic rings. The molecule has 0 bridgehead atoms. The molecular formula is C17H17Cl2NO. The molecule has 0 unspecified atom stereocenters. The Morgan fingerprint density at radius 1 is 1.10 bits per heavy atom. The van der Waals surface area contributed by atoms with Crippen molar-refractivity contribution in [2.45, 2.75) is 19.3 Å². The van der Waals surface area contributed by atoms with E-state index in [2.05, 4.69) is 5.32 Å². The van der Waals surface area contributed by atoms with Gasteiger partial charge in [0, 0.05) is 16.6 Å². The highest BCUT2D eigenvalue weighted by molar-refractivity contribution is 6.31. The first-order chi connectivity index (χ1) is 10.2. The molecule has 4 heteroatoms. The molecule has 0 aliphatic carbocycles. The maximum Gasteiger partial charge on any atom is 0.228 e. The largest absolute Gasteiger partial charge is 0.326 e. The second kappa shape index (κ2) is 8.06. The molecule has 110 valence electrons. The summed E-state index contributed by atoms with van der Waals surface area (Å²) in [5.41, 5.74) is 2.81. The standard InChI is InChI=1S/C17H17Cl2NO/c18-10-4-6-13-5-3-8-15(11-13)20-17(21)12-14-7-1-2-9-16(14)19/h1-3,5,7-9,11H,4,6,10,12H2,(H,20,21). The molecule has 0 radical (unpaired) electrons. The van der Waals surface area contributed by atoms with Gasteiger partial charge in [-0.05, 0) is 42.2 Å². The molecule has 0 heterocycles. The fourth-order valence-corrected chi connectivity index (χ4v) is 2.43. The normalized spacial score (nSPS) is 10.4. The third-order valence-electron chi connectivity index (χ3n) is 3.12. The number of carbonyl (C=O) groups is 1. The Labute approximate surface area is 135 Å². The smallest absolute Gasteiger partial charge is 0.228 e. The zero-order valence-electron chi connectivity index (χ0n) is 11.6. The van der Waals surface area contributed by atoms with Crippen LogP contribution < -0.4 is 5.32 Å². The molecule has 21 heavy (non-hydrogen) atoms. The number of amides is 1. The number of anilines is 1. The summed E-state index contributed by atoms with van der Waals surface area (Å²) in [6.45, 7) is 0. The van der Waals surface area contributed by atoms with E-state index in [1.807, 2.05) is 42.5 Å². The molecule has 2 aromatic rings. The lowest BCUT2D eigenvalue weighted by Crippen LogP contribution is -2.14. The van der Waals surface area contributed by atoms with E-state index in [9.17, 15) is 4.79 Å². The van der Waals surface area contributed by atoms with Crippen LogP contribution in [0.15, 0.2) is 48.5 Å². The summed E-state index contributed by atoms with van der Waals surface area (Å²) in [6.07, 6.45) is 2.11. The zero-order valence-corrected chi connectivity index (χ0v) is 13.1. The number of hydrogen-bond donors (Lipinski definition) is 1. The Morgan fingerprint density at radius 2 is 1.90 bits per heavy atom. The number of nitrogens with one attached hydrogen (secondary N) is 1. The van der Waals surface area contributed by atoms with Crippen molar-refractivity contribution in [2.24, 2.45) is 0 Å². The summed E-state index contributed by atoms with van der Waals surface area (Å²) in [5.74, 6) is 0.570. The van der Waals surface area contributed by atoms with Gasteiger partial charge in [-0.2, -0.15) is 0 Å². The highest BCUT2D eigenvalue weighted by Gasteiger charge is 2.07. The van der Waals surface area contributed by atoms with Crippen LogP contribution in [0.1, 0.15) is 17.5 Å². The highest BCUT2D eigenvalue weighted by atomic mass is 35.5. The molecule has 2 nitrogen and oxygen atoms in total. The molecule has 0 spiro atoms. The van der Waals surface area contributed by atoms with Crippen LogP contribution in [0.4, 0.5) is 5.69 Å². The second-order valence-corrected chi connectivity index (χ2v) is 5.59. The lowest BCUT2D eigenvalue weighted by molar-refractivity contribution is -0.115. The van der Waals surface area contributed by atoms with Gasteiger partial charge in [-0.3, -0.25) is 4.79 Å². The van der Waals surface area contributed by atoms with Crippen LogP contribution in [0.25, 0.3) is 0 Å². The predicted molar refractivity (Wildman–Crippen MR) is 89.3 cm³/mol. The number of benzene rings is 2. The van der Waals surface area contributed by atoms with Crippen LogP contribution in [0, 0.1) is 0 Å². The molecule has 0 fully saturated rings. The van der Waals surface area contributed by atoms with Crippen molar-refractivity contribution in [3.05, 3.63) is 64.7 Å². The molecule has 1 N–H and O–H groups in total. The van der Waals surface area contributed by atoms with Gasteiger partial charge in [0.1, 0.15) is 0 Å². The van der Waals surface area contributed by atoms with E-state index in [4.69, 9.17) is 23.2 Å². The molecule has 0 aromatic heterocycles. The van der Waals surface area contributed by atoms with E-state index in [0.717, 1.165) is 24.1 Å². The van der Waals surface area contributed by atoms with Gasteiger partial charge in [0.05, 0.1) is 6.42 Å². The summed E-state index contributed by atoms with van der Waals surface area (Å²) < 4.78 is 0. The van der Waals surface area contributed by atoms with Crippen molar-refractivity contribution in [2.75, 3.05) is 11.2 Å².